The zero-order valence-corrected chi connectivity index (χ0v) is 15.7. The van der Waals surface area contributed by atoms with Gasteiger partial charge in [-0.1, -0.05) is 25.5 Å². The van der Waals surface area contributed by atoms with Gasteiger partial charge in [-0.05, 0) is 85.9 Å². The number of rotatable bonds is 2. The number of hydrogen-bond donors (Lipinski definition) is 0. The summed E-state index contributed by atoms with van der Waals surface area (Å²) >= 11 is 0. The van der Waals surface area contributed by atoms with Crippen molar-refractivity contribution < 1.29 is 9.47 Å². The summed E-state index contributed by atoms with van der Waals surface area (Å²) in [6, 6.07) is 0. The molecule has 2 nitrogen and oxygen atoms in total. The van der Waals surface area contributed by atoms with E-state index < -0.39 is 0 Å². The molecule has 1 saturated heterocycles. The highest BCUT2D eigenvalue weighted by Crippen LogP contribution is 2.67. The summed E-state index contributed by atoms with van der Waals surface area (Å²) in [6.45, 7) is 6.26. The van der Waals surface area contributed by atoms with Crippen molar-refractivity contribution in [2.24, 2.45) is 34.5 Å². The van der Waals surface area contributed by atoms with Crippen LogP contribution in [0.15, 0.2) is 11.6 Å². The van der Waals surface area contributed by atoms with Crippen LogP contribution in [0.3, 0.4) is 0 Å². The van der Waals surface area contributed by atoms with Gasteiger partial charge in [-0.2, -0.15) is 0 Å². The number of epoxide rings is 1. The third-order valence-electron chi connectivity index (χ3n) is 9.27. The molecule has 3 saturated carbocycles. The Kier molecular flexibility index (Phi) is 3.53. The van der Waals surface area contributed by atoms with Crippen LogP contribution in [0.25, 0.3) is 0 Å². The highest BCUT2D eigenvalue weighted by Gasteiger charge is 2.61. The monoisotopic (exact) mass is 330 g/mol. The van der Waals surface area contributed by atoms with Crippen LogP contribution in [0.1, 0.15) is 65.2 Å². The summed E-state index contributed by atoms with van der Waals surface area (Å²) in [7, 11) is 1.89. The van der Waals surface area contributed by atoms with Gasteiger partial charge in [0.25, 0.3) is 0 Å². The topological polar surface area (TPSA) is 21.8 Å². The first-order chi connectivity index (χ1) is 11.6. The van der Waals surface area contributed by atoms with Gasteiger partial charge in [0.1, 0.15) is 0 Å². The third-order valence-corrected chi connectivity index (χ3v) is 9.27. The molecule has 0 aromatic rings. The molecule has 4 fully saturated rings. The van der Waals surface area contributed by atoms with Crippen molar-refractivity contribution in [3.8, 4) is 0 Å². The molecule has 1 heterocycles. The Morgan fingerprint density at radius 3 is 2.58 bits per heavy atom. The largest absolute Gasteiger partial charge is 0.381 e. The zero-order chi connectivity index (χ0) is 16.5. The van der Waals surface area contributed by atoms with Crippen LogP contribution in [-0.2, 0) is 9.47 Å². The van der Waals surface area contributed by atoms with Gasteiger partial charge in [0.15, 0.2) is 0 Å². The van der Waals surface area contributed by atoms with Crippen molar-refractivity contribution in [3.63, 3.8) is 0 Å². The van der Waals surface area contributed by atoms with Crippen LogP contribution in [0, 0.1) is 34.5 Å². The molecule has 0 aromatic heterocycles. The lowest BCUT2D eigenvalue weighted by molar-refractivity contribution is -0.0559. The molecule has 134 valence electrons. The van der Waals surface area contributed by atoms with E-state index in [0.29, 0.717) is 23.0 Å². The second-order valence-electron chi connectivity index (χ2n) is 9.96. The van der Waals surface area contributed by atoms with Crippen LogP contribution in [0.4, 0.5) is 0 Å². The van der Waals surface area contributed by atoms with E-state index in [1.54, 1.807) is 5.57 Å². The molecule has 5 rings (SSSR count). The summed E-state index contributed by atoms with van der Waals surface area (Å²) in [4.78, 5) is 0. The normalized spacial score (nSPS) is 56.0. The lowest BCUT2D eigenvalue weighted by Crippen LogP contribution is -2.50. The summed E-state index contributed by atoms with van der Waals surface area (Å²) in [5.41, 5.74) is 2.77. The Morgan fingerprint density at radius 2 is 1.83 bits per heavy atom. The van der Waals surface area contributed by atoms with Gasteiger partial charge < -0.3 is 9.47 Å². The molecule has 24 heavy (non-hydrogen) atoms. The van der Waals surface area contributed by atoms with Crippen LogP contribution < -0.4 is 0 Å². The Morgan fingerprint density at radius 1 is 1.04 bits per heavy atom. The molecule has 0 bridgehead atoms. The summed E-state index contributed by atoms with van der Waals surface area (Å²) in [6.07, 6.45) is 14.6. The van der Waals surface area contributed by atoms with E-state index in [-0.39, 0.29) is 0 Å². The quantitative estimate of drug-likeness (QED) is 0.526. The van der Waals surface area contributed by atoms with Crippen molar-refractivity contribution in [3.05, 3.63) is 11.6 Å². The SMILES string of the molecule is COC1CCC2(C)C(=CCC3C2CCC2(C)C(C4CO4)CCC32)C1. The fraction of sp³-hybridized carbons (Fsp3) is 0.909. The summed E-state index contributed by atoms with van der Waals surface area (Å²) < 4.78 is 11.4. The van der Waals surface area contributed by atoms with Crippen LogP contribution in [-0.4, -0.2) is 25.9 Å². The van der Waals surface area contributed by atoms with Gasteiger partial charge in [0.2, 0.25) is 0 Å². The minimum Gasteiger partial charge on any atom is -0.381 e. The summed E-state index contributed by atoms with van der Waals surface area (Å²) in [5.74, 6) is 3.65. The molecule has 0 amide bonds. The minimum absolute atomic E-state index is 0.466. The number of hydrogen-bond acceptors (Lipinski definition) is 2. The molecular formula is C22H34O2. The smallest absolute Gasteiger partial charge is 0.0843 e. The Hall–Kier alpha value is -0.340. The maximum Gasteiger partial charge on any atom is 0.0843 e. The first-order valence-corrected chi connectivity index (χ1v) is 10.4. The molecule has 8 atom stereocenters. The Labute approximate surface area is 147 Å². The molecule has 2 heteroatoms. The number of methoxy groups -OCH3 is 1. The standard InChI is InChI=1S/C22H34O2/c1-21-10-8-15(23-3)12-14(21)4-5-16-17-6-7-19(20-13-24-20)22(17,2)11-9-18(16)21/h4,15-20H,5-13H2,1-3H3. The first-order valence-electron chi connectivity index (χ1n) is 10.4. The second-order valence-corrected chi connectivity index (χ2v) is 9.96. The number of fused-ring (bicyclic) bond motifs is 5. The van der Waals surface area contributed by atoms with Crippen molar-refractivity contribution in [2.75, 3.05) is 13.7 Å². The predicted octanol–water partition coefficient (Wildman–Crippen LogP) is 4.98. The van der Waals surface area contributed by atoms with Gasteiger partial charge in [-0.25, -0.2) is 0 Å². The van der Waals surface area contributed by atoms with Crippen molar-refractivity contribution in [1.82, 2.24) is 0 Å². The molecule has 8 unspecified atom stereocenters. The van der Waals surface area contributed by atoms with E-state index >= 15 is 0 Å². The molecule has 5 aliphatic rings. The van der Waals surface area contributed by atoms with Gasteiger partial charge in [0.05, 0.1) is 18.8 Å². The van der Waals surface area contributed by atoms with E-state index in [2.05, 4.69) is 19.9 Å². The lowest BCUT2D eigenvalue weighted by Gasteiger charge is -2.58. The Balaban J connectivity index is 1.44. The van der Waals surface area contributed by atoms with E-state index in [0.717, 1.165) is 30.3 Å². The van der Waals surface area contributed by atoms with Crippen molar-refractivity contribution in [2.45, 2.75) is 77.4 Å². The lowest BCUT2D eigenvalue weighted by atomic mass is 9.47. The van der Waals surface area contributed by atoms with Crippen LogP contribution in [0.5, 0.6) is 0 Å². The zero-order valence-electron chi connectivity index (χ0n) is 15.7. The minimum atomic E-state index is 0.466. The van der Waals surface area contributed by atoms with Gasteiger partial charge in [-0.15, -0.1) is 0 Å². The van der Waals surface area contributed by atoms with Gasteiger partial charge in [-0.3, -0.25) is 0 Å². The predicted molar refractivity (Wildman–Crippen MR) is 95.7 cm³/mol. The fourth-order valence-electron chi connectivity index (χ4n) is 7.77. The molecule has 4 aliphatic carbocycles. The summed E-state index contributed by atoms with van der Waals surface area (Å²) in [5, 5.41) is 0. The maximum atomic E-state index is 5.75. The van der Waals surface area contributed by atoms with Crippen LogP contribution in [0.2, 0.25) is 0 Å². The van der Waals surface area contributed by atoms with Crippen LogP contribution >= 0.6 is 0 Å². The van der Waals surface area contributed by atoms with Crippen molar-refractivity contribution in [1.29, 1.82) is 0 Å². The van der Waals surface area contributed by atoms with Crippen molar-refractivity contribution >= 4 is 0 Å². The number of ether oxygens (including phenoxy) is 2. The van der Waals surface area contributed by atoms with E-state index in [1.807, 2.05) is 7.11 Å². The average molecular weight is 331 g/mol. The highest BCUT2D eigenvalue weighted by atomic mass is 16.6. The second kappa shape index (κ2) is 5.33. The molecule has 1 aliphatic heterocycles. The first kappa shape index (κ1) is 15.9. The third kappa shape index (κ3) is 2.08. The number of allylic oxidation sites excluding steroid dienone is 1. The fourth-order valence-corrected chi connectivity index (χ4v) is 7.77. The van der Waals surface area contributed by atoms with Gasteiger partial charge in [0, 0.05) is 7.11 Å². The molecular weight excluding hydrogens is 296 g/mol. The molecule has 0 spiro atoms. The maximum absolute atomic E-state index is 5.75. The molecule has 0 radical (unpaired) electrons. The molecule has 0 N–H and O–H groups in total. The van der Waals surface area contributed by atoms with E-state index in [4.69, 9.17) is 9.47 Å². The van der Waals surface area contributed by atoms with E-state index in [9.17, 15) is 0 Å². The molecule has 0 aromatic carbocycles. The Bertz CT molecular complexity index is 550. The van der Waals surface area contributed by atoms with E-state index in [1.165, 1.54) is 51.4 Å². The average Bonchev–Trinajstić information content (AvgIpc) is 3.35. The highest BCUT2D eigenvalue weighted by molar-refractivity contribution is 5.25. The van der Waals surface area contributed by atoms with Gasteiger partial charge >= 0.3 is 0 Å².